The minimum absolute atomic E-state index is 0.105. The maximum Gasteiger partial charge on any atom is 0.176 e. The van der Waals surface area contributed by atoms with Crippen LogP contribution in [0.4, 0.5) is 0 Å². The molecule has 4 nitrogen and oxygen atoms in total. The van der Waals surface area contributed by atoms with Gasteiger partial charge in [-0.1, -0.05) is 36.4 Å². The van der Waals surface area contributed by atoms with Crippen LogP contribution in [0.3, 0.4) is 0 Å². The first kappa shape index (κ1) is 16.0. The van der Waals surface area contributed by atoms with Gasteiger partial charge in [0.1, 0.15) is 0 Å². The summed E-state index contributed by atoms with van der Waals surface area (Å²) < 4.78 is 17.4. The Balaban J connectivity index is 1.26. The molecule has 2 aliphatic carbocycles. The van der Waals surface area contributed by atoms with E-state index in [9.17, 15) is 4.79 Å². The van der Waals surface area contributed by atoms with E-state index in [0.29, 0.717) is 32.2 Å². The van der Waals surface area contributed by atoms with E-state index < -0.39 is 5.79 Å². The zero-order chi connectivity index (χ0) is 16.4. The van der Waals surface area contributed by atoms with Gasteiger partial charge in [-0.2, -0.15) is 0 Å². The molecule has 0 radical (unpaired) electrons. The number of allylic oxidation sites excluding steroid dienone is 1. The molecular weight excluding hydrogens is 304 g/mol. The monoisotopic (exact) mass is 328 g/mol. The van der Waals surface area contributed by atoms with E-state index in [1.165, 1.54) is 5.56 Å². The topological polar surface area (TPSA) is 44.8 Å². The Labute approximate surface area is 142 Å². The van der Waals surface area contributed by atoms with Crippen LogP contribution in [0.25, 0.3) is 0 Å². The third-order valence-electron chi connectivity index (χ3n) is 5.36. The number of fused-ring (bicyclic) bond motifs is 3. The number of unbranched alkanes of at least 4 members (excludes halogenated alkanes) is 1. The summed E-state index contributed by atoms with van der Waals surface area (Å²) in [6.45, 7) is 2.65. The van der Waals surface area contributed by atoms with Crippen LogP contribution in [0.5, 0.6) is 0 Å². The van der Waals surface area contributed by atoms with Crippen molar-refractivity contribution in [3.05, 3.63) is 47.5 Å². The van der Waals surface area contributed by atoms with Crippen LogP contribution in [0, 0.1) is 11.8 Å². The molecule has 1 aromatic carbocycles. The molecular formula is C20H24O4. The molecule has 1 heterocycles. The fourth-order valence-electron chi connectivity index (χ4n) is 4.24. The second kappa shape index (κ2) is 6.79. The predicted octanol–water partition coefficient (Wildman–Crippen LogP) is 3.26. The minimum Gasteiger partial charge on any atom is -0.377 e. The molecule has 3 aliphatic rings. The summed E-state index contributed by atoms with van der Waals surface area (Å²) in [5.41, 5.74) is 2.13. The predicted molar refractivity (Wildman–Crippen MR) is 89.3 cm³/mol. The zero-order valence-electron chi connectivity index (χ0n) is 13.9. The number of ether oxygens (including phenoxy) is 3. The quantitative estimate of drug-likeness (QED) is 0.594. The lowest BCUT2D eigenvalue weighted by Crippen LogP contribution is -2.40. The second-order valence-electron chi connectivity index (χ2n) is 6.90. The smallest absolute Gasteiger partial charge is 0.176 e. The summed E-state index contributed by atoms with van der Waals surface area (Å²) in [5, 5.41) is 0. The normalized spacial score (nSPS) is 29.2. The zero-order valence-corrected chi connectivity index (χ0v) is 13.9. The van der Waals surface area contributed by atoms with Gasteiger partial charge in [-0.25, -0.2) is 0 Å². The van der Waals surface area contributed by atoms with Crippen LogP contribution in [-0.4, -0.2) is 31.4 Å². The van der Waals surface area contributed by atoms with Gasteiger partial charge in [-0.15, -0.1) is 0 Å². The first-order chi connectivity index (χ1) is 11.8. The molecule has 2 saturated carbocycles. The second-order valence-corrected chi connectivity index (χ2v) is 6.90. The molecule has 1 spiro atoms. The van der Waals surface area contributed by atoms with Crippen molar-refractivity contribution in [1.29, 1.82) is 0 Å². The van der Waals surface area contributed by atoms with Crippen LogP contribution < -0.4 is 0 Å². The summed E-state index contributed by atoms with van der Waals surface area (Å²) in [5.74, 6) is 0.0696. The Morgan fingerprint density at radius 3 is 2.75 bits per heavy atom. The molecule has 1 aliphatic heterocycles. The highest BCUT2D eigenvalue weighted by molar-refractivity contribution is 6.01. The van der Waals surface area contributed by atoms with Crippen molar-refractivity contribution in [1.82, 2.24) is 0 Å². The molecule has 4 heteroatoms. The number of rotatable bonds is 6. The molecule has 1 saturated heterocycles. The number of hydrogen-bond acceptors (Lipinski definition) is 4. The van der Waals surface area contributed by atoms with Gasteiger partial charge < -0.3 is 14.2 Å². The maximum absolute atomic E-state index is 12.4. The average Bonchev–Trinajstić information content (AvgIpc) is 3.29. The fraction of sp³-hybridized carbons (Fsp3) is 0.550. The van der Waals surface area contributed by atoms with Crippen molar-refractivity contribution < 1.29 is 19.0 Å². The Kier molecular flexibility index (Phi) is 4.53. The van der Waals surface area contributed by atoms with Crippen LogP contribution in [-0.2, 0) is 25.6 Å². The lowest BCUT2D eigenvalue weighted by molar-refractivity contribution is -0.181. The summed E-state index contributed by atoms with van der Waals surface area (Å²) in [6, 6.07) is 10.2. The molecule has 0 aromatic heterocycles. The van der Waals surface area contributed by atoms with Gasteiger partial charge in [0, 0.05) is 24.9 Å². The number of carbonyl (C=O) groups excluding carboxylic acids is 1. The maximum atomic E-state index is 12.4. The van der Waals surface area contributed by atoms with Crippen LogP contribution in [0.15, 0.2) is 42.0 Å². The highest BCUT2D eigenvalue weighted by Crippen LogP contribution is 2.55. The molecule has 24 heavy (non-hydrogen) atoms. The van der Waals surface area contributed by atoms with Crippen LogP contribution >= 0.6 is 0 Å². The summed E-state index contributed by atoms with van der Waals surface area (Å²) in [6.07, 6.45) is 5.54. The molecule has 2 bridgehead atoms. The molecule has 0 amide bonds. The Morgan fingerprint density at radius 2 is 2.00 bits per heavy atom. The number of carbonyl (C=O) groups is 1. The number of ketones is 1. The summed E-state index contributed by atoms with van der Waals surface area (Å²) in [4.78, 5) is 12.4. The van der Waals surface area contributed by atoms with Crippen molar-refractivity contribution >= 4 is 5.78 Å². The van der Waals surface area contributed by atoms with Crippen LogP contribution in [0.2, 0.25) is 0 Å². The van der Waals surface area contributed by atoms with Crippen molar-refractivity contribution in [3.8, 4) is 0 Å². The van der Waals surface area contributed by atoms with Crippen molar-refractivity contribution in [2.45, 2.75) is 38.1 Å². The third-order valence-corrected chi connectivity index (χ3v) is 5.36. The summed E-state index contributed by atoms with van der Waals surface area (Å²) in [7, 11) is 0. The Morgan fingerprint density at radius 1 is 1.21 bits per heavy atom. The highest BCUT2D eigenvalue weighted by Gasteiger charge is 2.60. The van der Waals surface area contributed by atoms with E-state index in [4.69, 9.17) is 14.2 Å². The fourth-order valence-corrected chi connectivity index (χ4v) is 4.24. The molecule has 1 aromatic rings. The van der Waals surface area contributed by atoms with Gasteiger partial charge in [0.25, 0.3) is 0 Å². The van der Waals surface area contributed by atoms with Crippen LogP contribution in [0.1, 0.15) is 31.2 Å². The molecule has 128 valence electrons. The largest absolute Gasteiger partial charge is 0.377 e. The number of benzene rings is 1. The SMILES string of the molecule is O=C1/C(=C/CCCOCc2ccccc2)[C@@H]2C[C@H]1CC21OCCO1. The molecule has 0 N–H and O–H groups in total. The van der Waals surface area contributed by atoms with E-state index in [2.05, 4.69) is 18.2 Å². The third kappa shape index (κ3) is 2.94. The Hall–Kier alpha value is -1.49. The van der Waals surface area contributed by atoms with Crippen molar-refractivity contribution in [3.63, 3.8) is 0 Å². The lowest BCUT2D eigenvalue weighted by Gasteiger charge is -2.32. The standard InChI is InChI=1S/C20H24O4/c21-19-16-12-18(20(13-16)23-10-11-24-20)17(19)8-4-5-9-22-14-15-6-2-1-3-7-15/h1-3,6-8,16,18H,4-5,9-14H2/b17-8+/t16-,18-/m0/s1. The van der Waals surface area contributed by atoms with Gasteiger partial charge in [-0.3, -0.25) is 4.79 Å². The van der Waals surface area contributed by atoms with E-state index in [1.54, 1.807) is 0 Å². The van der Waals surface area contributed by atoms with E-state index in [1.807, 2.05) is 18.2 Å². The van der Waals surface area contributed by atoms with E-state index in [0.717, 1.165) is 31.3 Å². The van der Waals surface area contributed by atoms with Gasteiger partial charge in [0.05, 0.1) is 19.8 Å². The first-order valence-corrected chi connectivity index (χ1v) is 8.92. The van der Waals surface area contributed by atoms with Gasteiger partial charge in [0.2, 0.25) is 0 Å². The molecule has 0 unspecified atom stereocenters. The average molecular weight is 328 g/mol. The van der Waals surface area contributed by atoms with Gasteiger partial charge in [-0.05, 0) is 30.4 Å². The molecule has 3 fully saturated rings. The van der Waals surface area contributed by atoms with E-state index >= 15 is 0 Å². The molecule has 4 rings (SSSR count). The van der Waals surface area contributed by atoms with Crippen molar-refractivity contribution in [2.24, 2.45) is 11.8 Å². The minimum atomic E-state index is -0.492. The number of hydrogen-bond donors (Lipinski definition) is 0. The van der Waals surface area contributed by atoms with E-state index in [-0.39, 0.29) is 11.8 Å². The van der Waals surface area contributed by atoms with Gasteiger partial charge in [0.15, 0.2) is 11.6 Å². The number of Topliss-reactive ketones (excluding diaryl/α,β-unsaturated/α-hetero) is 1. The Bertz CT molecular complexity index is 616. The lowest BCUT2D eigenvalue weighted by atomic mass is 9.87. The molecule has 2 atom stereocenters. The van der Waals surface area contributed by atoms with Gasteiger partial charge >= 0.3 is 0 Å². The summed E-state index contributed by atoms with van der Waals surface area (Å²) >= 11 is 0. The van der Waals surface area contributed by atoms with Crippen molar-refractivity contribution in [2.75, 3.05) is 19.8 Å². The highest BCUT2D eigenvalue weighted by atomic mass is 16.7. The first-order valence-electron chi connectivity index (χ1n) is 8.92.